The summed E-state index contributed by atoms with van der Waals surface area (Å²) in [5, 5.41) is 0. The van der Waals surface area contributed by atoms with E-state index in [9.17, 15) is 13.2 Å². The van der Waals surface area contributed by atoms with Gasteiger partial charge in [0.2, 0.25) is 0 Å². The zero-order valence-electron chi connectivity index (χ0n) is 21.2. The smallest absolute Gasteiger partial charge is 0.408 e. The first kappa shape index (κ1) is 25.8. The summed E-state index contributed by atoms with van der Waals surface area (Å²) in [5.74, 6) is 0.253. The molecule has 39 heavy (non-hydrogen) atoms. The second kappa shape index (κ2) is 11.2. The van der Waals surface area contributed by atoms with Crippen molar-refractivity contribution in [3.05, 3.63) is 133 Å². The number of nitrogens with one attached hydrogen (secondary N) is 2. The molecule has 0 bridgehead atoms. The fourth-order valence-corrected chi connectivity index (χ4v) is 5.23. The first-order valence-corrected chi connectivity index (χ1v) is 13.8. The summed E-state index contributed by atoms with van der Waals surface area (Å²) in [5.41, 5.74) is 5.57. The van der Waals surface area contributed by atoms with Crippen molar-refractivity contribution < 1.29 is 17.9 Å². The number of anilines is 1. The molecule has 0 fully saturated rings. The lowest BCUT2D eigenvalue weighted by molar-refractivity contribution is 0.207. The van der Waals surface area contributed by atoms with E-state index in [2.05, 4.69) is 4.72 Å². The Balaban J connectivity index is 1.46. The highest BCUT2D eigenvalue weighted by molar-refractivity contribution is 7.91. The lowest BCUT2D eigenvalue weighted by atomic mass is 9.97. The first-order valence-electron chi connectivity index (χ1n) is 12.3. The summed E-state index contributed by atoms with van der Waals surface area (Å²) >= 11 is 0. The average Bonchev–Trinajstić information content (AvgIpc) is 2.95. The van der Waals surface area contributed by atoms with Gasteiger partial charge in [-0.1, -0.05) is 127 Å². The molecule has 0 saturated carbocycles. The third kappa shape index (κ3) is 6.00. The summed E-state index contributed by atoms with van der Waals surface area (Å²) in [6.07, 6.45) is -1.13. The fraction of sp³-hybridized carbons (Fsp3) is 0.0312. The molecule has 5 rings (SSSR count). The Labute approximate surface area is 228 Å². The van der Waals surface area contributed by atoms with Crippen LogP contribution in [0.1, 0.15) is 5.56 Å². The van der Waals surface area contributed by atoms with Crippen molar-refractivity contribution in [2.45, 2.75) is 6.92 Å². The third-order valence-corrected chi connectivity index (χ3v) is 7.10. The standard InChI is InChI=1S/C32H26N2O4S/c1-23-13-11-20-27(24-14-5-2-6-15-24)30(23)33-39(36,37)34-32(35)38-31-28(25-16-7-3-8-17-25)21-12-22-29(31)26-18-9-4-10-19-26/h2-22,33H,1H3,(H,34,35). The molecule has 0 aliphatic heterocycles. The van der Waals surface area contributed by atoms with E-state index in [4.69, 9.17) is 4.74 Å². The molecule has 0 aliphatic rings. The van der Waals surface area contributed by atoms with Crippen molar-refractivity contribution >= 4 is 22.0 Å². The molecule has 0 unspecified atom stereocenters. The van der Waals surface area contributed by atoms with Crippen LogP contribution in [0.25, 0.3) is 33.4 Å². The number of hydrogen-bond acceptors (Lipinski definition) is 4. The molecular formula is C32H26N2O4S. The molecule has 0 radical (unpaired) electrons. The van der Waals surface area contributed by atoms with E-state index < -0.39 is 16.3 Å². The summed E-state index contributed by atoms with van der Waals surface area (Å²) in [6.45, 7) is 1.80. The Morgan fingerprint density at radius 3 is 1.54 bits per heavy atom. The van der Waals surface area contributed by atoms with Gasteiger partial charge in [-0.3, -0.25) is 4.72 Å². The highest BCUT2D eigenvalue weighted by atomic mass is 32.2. The van der Waals surface area contributed by atoms with Crippen molar-refractivity contribution in [1.82, 2.24) is 4.72 Å². The van der Waals surface area contributed by atoms with Crippen LogP contribution in [0.3, 0.4) is 0 Å². The van der Waals surface area contributed by atoms with Gasteiger partial charge < -0.3 is 4.74 Å². The van der Waals surface area contributed by atoms with Gasteiger partial charge in [0.15, 0.2) is 0 Å². The number of carbonyl (C=O) groups excluding carboxylic acids is 1. The van der Waals surface area contributed by atoms with Gasteiger partial charge in [-0.05, 0) is 29.2 Å². The minimum Gasteiger partial charge on any atom is -0.408 e. The maximum absolute atomic E-state index is 13.1. The van der Waals surface area contributed by atoms with Crippen LogP contribution in [-0.2, 0) is 10.2 Å². The highest BCUT2D eigenvalue weighted by Crippen LogP contribution is 2.39. The second-order valence-corrected chi connectivity index (χ2v) is 10.3. The number of benzene rings is 5. The van der Waals surface area contributed by atoms with E-state index >= 15 is 0 Å². The predicted molar refractivity (Wildman–Crippen MR) is 156 cm³/mol. The van der Waals surface area contributed by atoms with Gasteiger partial charge in [0, 0.05) is 16.7 Å². The molecule has 2 N–H and O–H groups in total. The zero-order valence-corrected chi connectivity index (χ0v) is 22.0. The highest BCUT2D eigenvalue weighted by Gasteiger charge is 2.22. The maximum atomic E-state index is 13.1. The van der Waals surface area contributed by atoms with Gasteiger partial charge in [0.05, 0.1) is 5.69 Å². The Morgan fingerprint density at radius 2 is 1.03 bits per heavy atom. The quantitative estimate of drug-likeness (QED) is 0.227. The minimum absolute atomic E-state index is 0.253. The molecule has 0 aliphatic carbocycles. The van der Waals surface area contributed by atoms with Crippen LogP contribution in [0.15, 0.2) is 127 Å². The summed E-state index contributed by atoms with van der Waals surface area (Å²) in [7, 11) is -4.34. The van der Waals surface area contributed by atoms with E-state index in [0.29, 0.717) is 27.9 Å². The van der Waals surface area contributed by atoms with Crippen LogP contribution in [0.2, 0.25) is 0 Å². The van der Waals surface area contributed by atoms with E-state index in [-0.39, 0.29) is 5.75 Å². The van der Waals surface area contributed by atoms with Crippen molar-refractivity contribution in [2.24, 2.45) is 0 Å². The molecule has 0 spiro atoms. The molecule has 5 aromatic rings. The Bertz CT molecular complexity index is 1650. The van der Waals surface area contributed by atoms with Crippen LogP contribution in [0.5, 0.6) is 5.75 Å². The molecule has 0 saturated heterocycles. The van der Waals surface area contributed by atoms with E-state index in [0.717, 1.165) is 16.7 Å². The van der Waals surface area contributed by atoms with Crippen molar-refractivity contribution in [1.29, 1.82) is 0 Å². The normalized spacial score (nSPS) is 11.0. The monoisotopic (exact) mass is 534 g/mol. The first-order chi connectivity index (χ1) is 18.9. The molecule has 5 aromatic carbocycles. The SMILES string of the molecule is Cc1cccc(-c2ccccc2)c1NS(=O)(=O)NC(=O)Oc1c(-c2ccccc2)cccc1-c1ccccc1. The van der Waals surface area contributed by atoms with Crippen molar-refractivity contribution in [3.63, 3.8) is 0 Å². The second-order valence-electron chi connectivity index (χ2n) is 8.87. The number of ether oxygens (including phenoxy) is 1. The number of amides is 1. The minimum atomic E-state index is -4.34. The zero-order chi connectivity index (χ0) is 27.2. The van der Waals surface area contributed by atoms with E-state index in [1.54, 1.807) is 13.0 Å². The van der Waals surface area contributed by atoms with Gasteiger partial charge in [0.25, 0.3) is 0 Å². The molecule has 194 valence electrons. The topological polar surface area (TPSA) is 84.5 Å². The molecule has 7 heteroatoms. The number of aryl methyl sites for hydroxylation is 1. The molecular weight excluding hydrogens is 508 g/mol. The Hall–Kier alpha value is -4.88. The van der Waals surface area contributed by atoms with Crippen molar-refractivity contribution in [2.75, 3.05) is 4.72 Å². The fourth-order valence-electron chi connectivity index (χ4n) is 4.38. The molecule has 1 amide bonds. The van der Waals surface area contributed by atoms with E-state index in [1.807, 2.05) is 126 Å². The average molecular weight is 535 g/mol. The largest absolute Gasteiger partial charge is 0.427 e. The molecule has 6 nitrogen and oxygen atoms in total. The van der Waals surface area contributed by atoms with E-state index in [1.165, 1.54) is 0 Å². The maximum Gasteiger partial charge on any atom is 0.427 e. The third-order valence-electron chi connectivity index (χ3n) is 6.19. The number of rotatable bonds is 7. The van der Waals surface area contributed by atoms with Crippen LogP contribution >= 0.6 is 0 Å². The number of carbonyl (C=O) groups is 1. The molecule has 0 heterocycles. The van der Waals surface area contributed by atoms with Gasteiger partial charge in [-0.2, -0.15) is 8.42 Å². The van der Waals surface area contributed by atoms with Crippen LogP contribution < -0.4 is 14.2 Å². The lowest BCUT2D eigenvalue weighted by Crippen LogP contribution is -2.37. The van der Waals surface area contributed by atoms with Gasteiger partial charge >= 0.3 is 16.3 Å². The summed E-state index contributed by atoms with van der Waals surface area (Å²) < 4.78 is 36.5. The van der Waals surface area contributed by atoms with Crippen molar-refractivity contribution in [3.8, 4) is 39.1 Å². The predicted octanol–water partition coefficient (Wildman–Crippen LogP) is 7.44. The Kier molecular flexibility index (Phi) is 7.43. The lowest BCUT2D eigenvalue weighted by Gasteiger charge is -2.18. The van der Waals surface area contributed by atoms with Gasteiger partial charge in [-0.25, -0.2) is 9.52 Å². The molecule has 0 aromatic heterocycles. The van der Waals surface area contributed by atoms with Gasteiger partial charge in [-0.15, -0.1) is 0 Å². The Morgan fingerprint density at radius 1 is 0.590 bits per heavy atom. The number of hydrogen-bond donors (Lipinski definition) is 2. The number of para-hydroxylation sites is 2. The molecule has 0 atom stereocenters. The van der Waals surface area contributed by atoms with Gasteiger partial charge in [0.1, 0.15) is 5.75 Å². The van der Waals surface area contributed by atoms with Crippen LogP contribution in [0.4, 0.5) is 10.5 Å². The van der Waals surface area contributed by atoms with Crippen LogP contribution in [0, 0.1) is 6.92 Å². The summed E-state index contributed by atoms with van der Waals surface area (Å²) in [4.78, 5) is 13.1. The summed E-state index contributed by atoms with van der Waals surface area (Å²) in [6, 6.07) is 39.3. The van der Waals surface area contributed by atoms with Crippen LogP contribution in [-0.4, -0.2) is 14.5 Å².